The molecule has 10 heteroatoms. The van der Waals surface area contributed by atoms with Crippen LogP contribution in [-0.4, -0.2) is 73.8 Å². The summed E-state index contributed by atoms with van der Waals surface area (Å²) in [5, 5.41) is 20.8. The van der Waals surface area contributed by atoms with E-state index < -0.39 is 5.60 Å². The van der Waals surface area contributed by atoms with Crippen molar-refractivity contribution in [3.8, 4) is 11.3 Å². The Kier molecular flexibility index (Phi) is 7.08. The molecular formula is C28H32N8O2. The average Bonchev–Trinajstić information content (AvgIpc) is 3.32. The summed E-state index contributed by atoms with van der Waals surface area (Å²) in [7, 11) is 0. The fourth-order valence-electron chi connectivity index (χ4n) is 4.59. The Bertz CT molecular complexity index is 1430. The van der Waals surface area contributed by atoms with Gasteiger partial charge in [-0.3, -0.25) is 9.69 Å². The molecule has 0 radical (unpaired) electrons. The zero-order chi connectivity index (χ0) is 26.7. The first-order valence-electron chi connectivity index (χ1n) is 12.6. The van der Waals surface area contributed by atoms with Crippen LogP contribution in [0.15, 0.2) is 73.6 Å². The lowest BCUT2D eigenvalue weighted by molar-refractivity contribution is -0.111. The van der Waals surface area contributed by atoms with Gasteiger partial charge in [0, 0.05) is 55.3 Å². The highest BCUT2D eigenvalue weighted by molar-refractivity contribution is 5.99. The summed E-state index contributed by atoms with van der Waals surface area (Å²) < 4.78 is 1.73. The smallest absolute Gasteiger partial charge is 0.247 e. The summed E-state index contributed by atoms with van der Waals surface area (Å²) >= 11 is 0. The van der Waals surface area contributed by atoms with Crippen LogP contribution in [0.25, 0.3) is 16.9 Å². The van der Waals surface area contributed by atoms with E-state index in [2.05, 4.69) is 54.2 Å². The van der Waals surface area contributed by atoms with Gasteiger partial charge in [-0.2, -0.15) is 0 Å². The molecule has 0 saturated carbocycles. The Balaban J connectivity index is 1.28. The molecule has 3 heterocycles. The largest absolute Gasteiger partial charge is 0.389 e. The fraction of sp³-hybridized carbons (Fsp3) is 0.286. The summed E-state index contributed by atoms with van der Waals surface area (Å²) in [4.78, 5) is 25.2. The highest BCUT2D eigenvalue weighted by atomic mass is 16.3. The van der Waals surface area contributed by atoms with Crippen molar-refractivity contribution in [2.75, 3.05) is 48.3 Å². The Hall–Kier alpha value is -4.28. The molecule has 1 fully saturated rings. The molecule has 1 aliphatic rings. The lowest BCUT2D eigenvalue weighted by atomic mass is 10.1. The van der Waals surface area contributed by atoms with Crippen molar-refractivity contribution in [2.45, 2.75) is 19.4 Å². The second-order valence-electron chi connectivity index (χ2n) is 10.0. The quantitative estimate of drug-likeness (QED) is 0.308. The molecule has 0 unspecified atom stereocenters. The number of hydrogen-bond acceptors (Lipinski definition) is 8. The van der Waals surface area contributed by atoms with Gasteiger partial charge in [0.05, 0.1) is 23.7 Å². The molecule has 4 aromatic rings. The lowest BCUT2D eigenvalue weighted by Gasteiger charge is -2.38. The number of amides is 1. The van der Waals surface area contributed by atoms with Crippen LogP contribution < -0.4 is 15.5 Å². The molecule has 0 atom stereocenters. The van der Waals surface area contributed by atoms with Crippen molar-refractivity contribution in [3.05, 3.63) is 73.6 Å². The van der Waals surface area contributed by atoms with E-state index in [1.54, 1.807) is 16.9 Å². The zero-order valence-electron chi connectivity index (χ0n) is 21.6. The van der Waals surface area contributed by atoms with Crippen molar-refractivity contribution in [2.24, 2.45) is 0 Å². The average molecular weight is 513 g/mol. The van der Waals surface area contributed by atoms with Crippen LogP contribution in [0.5, 0.6) is 0 Å². The number of β-amino-alcohol motifs (C(OH)–C–C–N with tert-alkyl or cyclic N) is 1. The lowest BCUT2D eigenvalue weighted by Crippen LogP contribution is -2.50. The number of fused-ring (bicyclic) bond motifs is 1. The fourth-order valence-corrected chi connectivity index (χ4v) is 4.59. The van der Waals surface area contributed by atoms with Crippen molar-refractivity contribution < 1.29 is 9.90 Å². The van der Waals surface area contributed by atoms with E-state index in [0.29, 0.717) is 23.8 Å². The Morgan fingerprint density at radius 2 is 1.82 bits per heavy atom. The van der Waals surface area contributed by atoms with Crippen LogP contribution >= 0.6 is 0 Å². The van der Waals surface area contributed by atoms with E-state index in [0.717, 1.165) is 48.8 Å². The van der Waals surface area contributed by atoms with Gasteiger partial charge in [0.15, 0.2) is 5.65 Å². The minimum Gasteiger partial charge on any atom is -0.389 e. The number of imidazole rings is 1. The van der Waals surface area contributed by atoms with E-state index in [4.69, 9.17) is 0 Å². The topological polar surface area (TPSA) is 111 Å². The van der Waals surface area contributed by atoms with Crippen molar-refractivity contribution >= 4 is 34.6 Å². The van der Waals surface area contributed by atoms with Gasteiger partial charge in [-0.25, -0.2) is 14.5 Å². The van der Waals surface area contributed by atoms with E-state index in [-0.39, 0.29) is 5.91 Å². The van der Waals surface area contributed by atoms with Gasteiger partial charge >= 0.3 is 0 Å². The molecule has 2 aromatic heterocycles. The molecule has 10 nitrogen and oxygen atoms in total. The number of aromatic nitrogens is 4. The number of carbonyl (C=O) groups is 1. The zero-order valence-corrected chi connectivity index (χ0v) is 21.6. The third-order valence-electron chi connectivity index (χ3n) is 6.34. The number of rotatable bonds is 8. The number of hydrogen-bond donors (Lipinski definition) is 3. The van der Waals surface area contributed by atoms with Gasteiger partial charge < -0.3 is 20.6 Å². The molecule has 38 heavy (non-hydrogen) atoms. The van der Waals surface area contributed by atoms with Crippen LogP contribution in [0, 0.1) is 0 Å². The molecule has 2 aromatic carbocycles. The molecule has 0 aliphatic carbocycles. The first-order chi connectivity index (χ1) is 18.3. The third-order valence-corrected chi connectivity index (χ3v) is 6.34. The van der Waals surface area contributed by atoms with Gasteiger partial charge in [0.25, 0.3) is 0 Å². The monoisotopic (exact) mass is 512 g/mol. The number of piperazine rings is 1. The molecular weight excluding hydrogens is 480 g/mol. The van der Waals surface area contributed by atoms with Crippen molar-refractivity contribution in [3.63, 3.8) is 0 Å². The summed E-state index contributed by atoms with van der Waals surface area (Å²) in [6.07, 6.45) is 4.64. The van der Waals surface area contributed by atoms with Gasteiger partial charge in [-0.1, -0.05) is 18.7 Å². The SMILES string of the molecule is C=CC(=O)Nc1cccc(-c2cnc3cnc(Nc4ccc(N5CCN(CC(C)(C)O)CC5)cc4)nn23)c1. The minimum atomic E-state index is -0.675. The van der Waals surface area contributed by atoms with E-state index >= 15 is 0 Å². The van der Waals surface area contributed by atoms with Crippen LogP contribution in [-0.2, 0) is 4.79 Å². The Morgan fingerprint density at radius 3 is 2.53 bits per heavy atom. The molecule has 1 amide bonds. The van der Waals surface area contributed by atoms with Crippen LogP contribution in [0.4, 0.5) is 23.0 Å². The maximum Gasteiger partial charge on any atom is 0.247 e. The van der Waals surface area contributed by atoms with Crippen LogP contribution in [0.3, 0.4) is 0 Å². The number of carbonyl (C=O) groups excluding carboxylic acids is 1. The molecule has 5 rings (SSSR count). The van der Waals surface area contributed by atoms with E-state index in [9.17, 15) is 9.90 Å². The van der Waals surface area contributed by atoms with E-state index in [1.165, 1.54) is 6.08 Å². The van der Waals surface area contributed by atoms with Crippen LogP contribution in [0.1, 0.15) is 13.8 Å². The summed E-state index contributed by atoms with van der Waals surface area (Å²) in [5.74, 6) is 0.175. The van der Waals surface area contributed by atoms with Gasteiger partial charge in [0.2, 0.25) is 11.9 Å². The molecule has 0 spiro atoms. The molecule has 3 N–H and O–H groups in total. The van der Waals surface area contributed by atoms with Crippen molar-refractivity contribution in [1.29, 1.82) is 0 Å². The first-order valence-corrected chi connectivity index (χ1v) is 12.6. The summed E-state index contributed by atoms with van der Waals surface area (Å²) in [6.45, 7) is 11.6. The highest BCUT2D eigenvalue weighted by Crippen LogP contribution is 2.25. The van der Waals surface area contributed by atoms with Gasteiger partial charge in [0.1, 0.15) is 0 Å². The van der Waals surface area contributed by atoms with Gasteiger partial charge in [-0.15, -0.1) is 5.10 Å². The summed E-state index contributed by atoms with van der Waals surface area (Å²) in [6, 6.07) is 15.7. The number of aliphatic hydroxyl groups is 1. The third kappa shape index (κ3) is 5.99. The molecule has 196 valence electrons. The normalized spacial score (nSPS) is 14.4. The van der Waals surface area contributed by atoms with Crippen LogP contribution in [0.2, 0.25) is 0 Å². The molecule has 1 saturated heterocycles. The second kappa shape index (κ2) is 10.6. The number of benzene rings is 2. The van der Waals surface area contributed by atoms with Gasteiger partial charge in [-0.05, 0) is 56.3 Å². The maximum absolute atomic E-state index is 11.7. The molecule has 1 aliphatic heterocycles. The number of anilines is 4. The summed E-state index contributed by atoms with van der Waals surface area (Å²) in [5.41, 5.74) is 4.28. The highest BCUT2D eigenvalue weighted by Gasteiger charge is 2.22. The Labute approximate surface area is 221 Å². The van der Waals surface area contributed by atoms with E-state index in [1.807, 2.05) is 50.2 Å². The predicted octanol–water partition coefficient (Wildman–Crippen LogP) is 3.55. The first kappa shape index (κ1) is 25.4. The minimum absolute atomic E-state index is 0.270. The molecule has 0 bridgehead atoms. The Morgan fingerprint density at radius 1 is 1.05 bits per heavy atom. The standard InChI is InChI=1S/C28H32N8O2/c1-4-26(37)31-22-7-5-6-20(16-22)24-17-29-25-18-30-27(33-36(24)25)32-21-8-10-23(11-9-21)35-14-12-34(13-15-35)19-28(2,3)38/h4-11,16-18,38H,1,12-15,19H2,2-3H3,(H,31,37)(H,32,33). The number of nitrogens with one attached hydrogen (secondary N) is 2. The maximum atomic E-state index is 11.7. The van der Waals surface area contributed by atoms with Crippen molar-refractivity contribution in [1.82, 2.24) is 24.5 Å². The second-order valence-corrected chi connectivity index (χ2v) is 10.0. The predicted molar refractivity (Wildman–Crippen MR) is 150 cm³/mol. The number of nitrogens with zero attached hydrogens (tertiary/aromatic N) is 6.